The van der Waals surface area contributed by atoms with Crippen molar-refractivity contribution in [2.45, 2.75) is 11.8 Å². The molecule has 0 heterocycles. The van der Waals surface area contributed by atoms with Gasteiger partial charge in [-0.1, -0.05) is 17.7 Å². The van der Waals surface area contributed by atoms with Gasteiger partial charge in [-0.05, 0) is 19.1 Å². The zero-order chi connectivity index (χ0) is 14.7. The Labute approximate surface area is 111 Å². The molecule has 1 aromatic carbocycles. The Bertz CT molecular complexity index is 601. The van der Waals surface area contributed by atoms with Crippen LogP contribution in [-0.2, 0) is 23.6 Å². The Morgan fingerprint density at radius 1 is 1.16 bits per heavy atom. The second kappa shape index (κ2) is 5.83. The first-order chi connectivity index (χ1) is 8.75. The van der Waals surface area contributed by atoms with Gasteiger partial charge in [0.2, 0.25) is 0 Å². The van der Waals surface area contributed by atoms with E-state index in [0.29, 0.717) is 0 Å². The SMILES string of the molecule is COP(=O)(OC)C(=O)NS(=O)(=O)c1ccc(C)cc1. The number of hydrogen-bond donors (Lipinski definition) is 1. The van der Waals surface area contributed by atoms with E-state index in [1.54, 1.807) is 23.8 Å². The number of amides is 1. The van der Waals surface area contributed by atoms with Crippen LogP contribution in [0.2, 0.25) is 0 Å². The molecule has 1 amide bonds. The van der Waals surface area contributed by atoms with Gasteiger partial charge in [0, 0.05) is 14.2 Å². The molecule has 0 saturated carbocycles. The lowest BCUT2D eigenvalue weighted by Crippen LogP contribution is -2.30. The summed E-state index contributed by atoms with van der Waals surface area (Å²) in [4.78, 5) is 11.5. The van der Waals surface area contributed by atoms with Crippen molar-refractivity contribution >= 4 is 23.3 Å². The number of benzene rings is 1. The number of carbonyl (C=O) groups is 1. The molecule has 0 saturated heterocycles. The quantitative estimate of drug-likeness (QED) is 0.834. The molecule has 9 heteroatoms. The van der Waals surface area contributed by atoms with Crippen LogP contribution in [0.4, 0.5) is 4.79 Å². The van der Waals surface area contributed by atoms with Crippen molar-refractivity contribution in [3.63, 3.8) is 0 Å². The van der Waals surface area contributed by atoms with Gasteiger partial charge in [0.25, 0.3) is 10.0 Å². The maximum atomic E-state index is 11.9. The predicted octanol–water partition coefficient (Wildman–Crippen LogP) is 1.88. The van der Waals surface area contributed by atoms with Crippen LogP contribution in [0.3, 0.4) is 0 Å². The maximum Gasteiger partial charge on any atom is 0.418 e. The van der Waals surface area contributed by atoms with Crippen LogP contribution in [-0.4, -0.2) is 28.3 Å². The normalized spacial score (nSPS) is 12.2. The van der Waals surface area contributed by atoms with Gasteiger partial charge in [-0.15, -0.1) is 0 Å². The molecule has 0 aliphatic heterocycles. The van der Waals surface area contributed by atoms with Gasteiger partial charge in [-0.2, -0.15) is 0 Å². The minimum Gasteiger partial charge on any atom is -0.305 e. The first-order valence-electron chi connectivity index (χ1n) is 5.10. The van der Waals surface area contributed by atoms with Crippen LogP contribution in [0.25, 0.3) is 0 Å². The smallest absolute Gasteiger partial charge is 0.305 e. The van der Waals surface area contributed by atoms with Gasteiger partial charge < -0.3 is 9.05 Å². The Morgan fingerprint density at radius 3 is 2.05 bits per heavy atom. The van der Waals surface area contributed by atoms with Crippen LogP contribution in [0, 0.1) is 6.92 Å². The largest absolute Gasteiger partial charge is 0.418 e. The van der Waals surface area contributed by atoms with Crippen molar-refractivity contribution in [3.8, 4) is 0 Å². The van der Waals surface area contributed by atoms with Crippen molar-refractivity contribution in [1.82, 2.24) is 4.72 Å². The van der Waals surface area contributed by atoms with Crippen molar-refractivity contribution in [1.29, 1.82) is 0 Å². The highest BCUT2D eigenvalue weighted by Gasteiger charge is 2.35. The van der Waals surface area contributed by atoms with Crippen LogP contribution in [0.15, 0.2) is 29.2 Å². The van der Waals surface area contributed by atoms with E-state index < -0.39 is 23.3 Å². The topological polar surface area (TPSA) is 98.8 Å². The summed E-state index contributed by atoms with van der Waals surface area (Å²) >= 11 is 0. The molecular formula is C10H14NO6PS. The minimum atomic E-state index is -4.13. The van der Waals surface area contributed by atoms with Crippen molar-refractivity contribution in [2.75, 3.05) is 14.2 Å². The summed E-state index contributed by atoms with van der Waals surface area (Å²) < 4.78 is 45.9. The van der Waals surface area contributed by atoms with E-state index in [4.69, 9.17) is 0 Å². The van der Waals surface area contributed by atoms with E-state index in [1.807, 2.05) is 0 Å². The summed E-state index contributed by atoms with van der Waals surface area (Å²) in [7, 11) is -6.26. The molecule has 1 rings (SSSR count). The lowest BCUT2D eigenvalue weighted by molar-refractivity contribution is 0.237. The number of sulfonamides is 1. The molecule has 0 aliphatic rings. The molecule has 0 aromatic heterocycles. The van der Waals surface area contributed by atoms with E-state index in [1.165, 1.54) is 12.1 Å². The fraction of sp³-hybridized carbons (Fsp3) is 0.300. The Kier molecular flexibility index (Phi) is 4.86. The van der Waals surface area contributed by atoms with Gasteiger partial charge in [0.15, 0.2) is 0 Å². The summed E-state index contributed by atoms with van der Waals surface area (Å²) in [6.07, 6.45) is 0. The maximum absolute atomic E-state index is 11.9. The zero-order valence-corrected chi connectivity index (χ0v) is 12.3. The molecule has 0 unspecified atom stereocenters. The number of rotatable bonds is 5. The Hall–Kier alpha value is -1.21. The summed E-state index contributed by atoms with van der Waals surface area (Å²) in [5.74, 6) is 0. The highest BCUT2D eigenvalue weighted by molar-refractivity contribution is 7.91. The van der Waals surface area contributed by atoms with Crippen LogP contribution < -0.4 is 4.72 Å². The second-order valence-corrected chi connectivity index (χ2v) is 7.40. The predicted molar refractivity (Wildman–Crippen MR) is 68.5 cm³/mol. The first-order valence-corrected chi connectivity index (χ1v) is 8.13. The molecule has 19 heavy (non-hydrogen) atoms. The van der Waals surface area contributed by atoms with E-state index >= 15 is 0 Å². The minimum absolute atomic E-state index is 0.120. The van der Waals surface area contributed by atoms with Gasteiger partial charge in [-0.3, -0.25) is 4.79 Å². The van der Waals surface area contributed by atoms with E-state index in [2.05, 4.69) is 9.05 Å². The van der Waals surface area contributed by atoms with Crippen molar-refractivity contribution in [3.05, 3.63) is 29.8 Å². The van der Waals surface area contributed by atoms with E-state index in [9.17, 15) is 17.8 Å². The van der Waals surface area contributed by atoms with Gasteiger partial charge in [-0.25, -0.2) is 17.7 Å². The Balaban J connectivity index is 3.01. The molecule has 0 aliphatic carbocycles. The Morgan fingerprint density at radius 2 is 1.63 bits per heavy atom. The number of aryl methyl sites for hydroxylation is 1. The van der Waals surface area contributed by atoms with Gasteiger partial charge >= 0.3 is 13.2 Å². The molecule has 106 valence electrons. The van der Waals surface area contributed by atoms with E-state index in [0.717, 1.165) is 19.8 Å². The fourth-order valence-electron chi connectivity index (χ4n) is 1.19. The number of hydrogen-bond acceptors (Lipinski definition) is 6. The summed E-state index contributed by atoms with van der Waals surface area (Å²) in [5, 5.41) is 0. The average molecular weight is 307 g/mol. The average Bonchev–Trinajstić information content (AvgIpc) is 2.37. The van der Waals surface area contributed by atoms with Gasteiger partial charge in [0.1, 0.15) is 0 Å². The van der Waals surface area contributed by atoms with Crippen LogP contribution in [0.5, 0.6) is 0 Å². The molecular weight excluding hydrogens is 293 g/mol. The van der Waals surface area contributed by atoms with Crippen molar-refractivity contribution < 1.29 is 26.8 Å². The molecule has 0 fully saturated rings. The van der Waals surface area contributed by atoms with Crippen molar-refractivity contribution in [2.24, 2.45) is 0 Å². The van der Waals surface area contributed by atoms with Crippen LogP contribution >= 0.6 is 7.60 Å². The monoisotopic (exact) mass is 307 g/mol. The van der Waals surface area contributed by atoms with Crippen LogP contribution in [0.1, 0.15) is 5.56 Å². The summed E-state index contributed by atoms with van der Waals surface area (Å²) in [6, 6.07) is 5.81. The lowest BCUT2D eigenvalue weighted by Gasteiger charge is -2.13. The third-order valence-electron chi connectivity index (χ3n) is 2.28. The molecule has 0 bridgehead atoms. The molecule has 1 aromatic rings. The zero-order valence-electron chi connectivity index (χ0n) is 10.6. The van der Waals surface area contributed by atoms with Gasteiger partial charge in [0.05, 0.1) is 4.90 Å². The second-order valence-electron chi connectivity index (χ2n) is 3.59. The third kappa shape index (κ3) is 3.63. The molecule has 0 atom stereocenters. The molecule has 0 spiro atoms. The number of carbonyl (C=O) groups excluding carboxylic acids is 1. The highest BCUT2D eigenvalue weighted by atomic mass is 32.2. The lowest BCUT2D eigenvalue weighted by atomic mass is 10.2. The highest BCUT2D eigenvalue weighted by Crippen LogP contribution is 2.47. The number of nitrogens with one attached hydrogen (secondary N) is 1. The standard InChI is InChI=1S/C10H14NO6PS/c1-8-4-6-9(7-5-8)19(14,15)11-10(12)18(13,16-2)17-3/h4-7H,1-3H3,(H,11,12). The third-order valence-corrected chi connectivity index (χ3v) is 5.35. The molecule has 7 nitrogen and oxygen atoms in total. The molecule has 1 N–H and O–H groups in total. The first kappa shape index (κ1) is 15.8. The summed E-state index contributed by atoms with van der Waals surface area (Å²) in [6.45, 7) is 1.79. The fourth-order valence-corrected chi connectivity index (χ4v) is 3.32. The van der Waals surface area contributed by atoms with E-state index in [-0.39, 0.29) is 4.90 Å². The molecule has 0 radical (unpaired) electrons. The summed E-state index contributed by atoms with van der Waals surface area (Å²) in [5.41, 5.74) is -0.470.